The number of benzene rings is 1. The van der Waals surface area contributed by atoms with E-state index < -0.39 is 22.0 Å². The van der Waals surface area contributed by atoms with Gasteiger partial charge in [-0.25, -0.2) is 13.1 Å². The number of carbonyl (C=O) groups excluding carboxylic acids is 1. The fourth-order valence-corrected chi connectivity index (χ4v) is 4.68. The summed E-state index contributed by atoms with van der Waals surface area (Å²) in [6.45, 7) is 1.62. The minimum atomic E-state index is -3.88. The lowest BCUT2D eigenvalue weighted by molar-refractivity contribution is -0.137. The van der Waals surface area contributed by atoms with Gasteiger partial charge in [0.25, 0.3) is 10.0 Å². The molecule has 0 saturated carbocycles. The van der Waals surface area contributed by atoms with Crippen LogP contribution in [-0.2, 0) is 26.2 Å². The van der Waals surface area contributed by atoms with E-state index >= 15 is 0 Å². The highest BCUT2D eigenvalue weighted by Gasteiger charge is 2.24. The van der Waals surface area contributed by atoms with E-state index in [1.165, 1.54) is 13.0 Å². The number of carboxylic acid groups (broad SMARTS) is 1. The lowest BCUT2D eigenvalue weighted by Gasteiger charge is -2.16. The van der Waals surface area contributed by atoms with Crippen LogP contribution in [0, 0.1) is 0 Å². The Bertz CT molecular complexity index is 846. The number of sulfonamides is 1. The lowest BCUT2D eigenvalue weighted by atomic mass is 10.1. The van der Waals surface area contributed by atoms with Gasteiger partial charge in [-0.15, -0.1) is 11.3 Å². The number of thiophene rings is 1. The first kappa shape index (κ1) is 19.1. The Morgan fingerprint density at radius 3 is 2.44 bits per heavy atom. The molecule has 0 aliphatic rings. The summed E-state index contributed by atoms with van der Waals surface area (Å²) in [7, 11) is -3.88. The van der Waals surface area contributed by atoms with E-state index in [2.05, 4.69) is 10.0 Å². The van der Waals surface area contributed by atoms with Crippen LogP contribution in [0.1, 0.15) is 29.8 Å². The minimum Gasteiger partial charge on any atom is -0.481 e. The Kier molecular flexibility index (Phi) is 6.29. The van der Waals surface area contributed by atoms with Crippen molar-refractivity contribution in [2.75, 3.05) is 0 Å². The van der Waals surface area contributed by atoms with Crippen molar-refractivity contribution in [2.24, 2.45) is 0 Å². The third kappa shape index (κ3) is 5.66. The molecule has 0 aliphatic heterocycles. The molecule has 0 spiro atoms. The van der Waals surface area contributed by atoms with Gasteiger partial charge in [-0.2, -0.15) is 0 Å². The summed E-state index contributed by atoms with van der Waals surface area (Å²) in [4.78, 5) is 22.7. The van der Waals surface area contributed by atoms with Gasteiger partial charge in [0.05, 0.1) is 19.0 Å². The van der Waals surface area contributed by atoms with Crippen molar-refractivity contribution in [2.45, 2.75) is 30.1 Å². The van der Waals surface area contributed by atoms with E-state index in [9.17, 15) is 18.0 Å². The molecule has 1 heterocycles. The van der Waals surface area contributed by atoms with E-state index in [-0.39, 0.29) is 23.1 Å². The van der Waals surface area contributed by atoms with Crippen LogP contribution >= 0.6 is 11.3 Å². The molecule has 7 nitrogen and oxygen atoms in total. The lowest BCUT2D eigenvalue weighted by Crippen LogP contribution is -2.29. The standard InChI is InChI=1S/C16H18N2O5S2/c1-11(19)17-10-13-7-8-16(24-13)25(22,23)18-14(9-15(20)21)12-5-3-2-4-6-12/h2-8,14,18H,9-10H2,1H3,(H,17,19)(H,20,21)/t14-/m1/s1. The van der Waals surface area contributed by atoms with Gasteiger partial charge in [0, 0.05) is 11.8 Å². The van der Waals surface area contributed by atoms with Crippen molar-refractivity contribution in [3.05, 3.63) is 52.9 Å². The fraction of sp³-hybridized carbons (Fsp3) is 0.250. The number of aliphatic carboxylic acids is 1. The first-order chi connectivity index (χ1) is 11.8. The molecule has 25 heavy (non-hydrogen) atoms. The normalized spacial score (nSPS) is 12.5. The van der Waals surface area contributed by atoms with Crippen LogP contribution in [-0.4, -0.2) is 25.4 Å². The van der Waals surface area contributed by atoms with Crippen molar-refractivity contribution < 1.29 is 23.1 Å². The minimum absolute atomic E-state index is 0.0687. The third-order valence-electron chi connectivity index (χ3n) is 3.29. The van der Waals surface area contributed by atoms with E-state index in [0.29, 0.717) is 10.4 Å². The molecular weight excluding hydrogens is 364 g/mol. The molecule has 9 heteroatoms. The van der Waals surface area contributed by atoms with Gasteiger partial charge in [0.1, 0.15) is 4.21 Å². The Balaban J connectivity index is 2.19. The molecule has 1 amide bonds. The number of nitrogens with one attached hydrogen (secondary N) is 2. The molecular formula is C16H18N2O5S2. The molecule has 0 aliphatic carbocycles. The predicted octanol–water partition coefficient (Wildman–Crippen LogP) is 1.88. The van der Waals surface area contributed by atoms with Crippen LogP contribution in [0.15, 0.2) is 46.7 Å². The number of hydrogen-bond acceptors (Lipinski definition) is 5. The van der Waals surface area contributed by atoms with Gasteiger partial charge in [-0.3, -0.25) is 9.59 Å². The van der Waals surface area contributed by atoms with E-state index in [1.807, 2.05) is 0 Å². The van der Waals surface area contributed by atoms with Crippen LogP contribution in [0.5, 0.6) is 0 Å². The maximum atomic E-state index is 12.6. The van der Waals surface area contributed by atoms with Gasteiger partial charge < -0.3 is 10.4 Å². The van der Waals surface area contributed by atoms with Crippen molar-refractivity contribution in [3.8, 4) is 0 Å². The summed E-state index contributed by atoms with van der Waals surface area (Å²) >= 11 is 1.03. The highest BCUT2D eigenvalue weighted by molar-refractivity contribution is 7.91. The molecule has 0 saturated heterocycles. The zero-order chi connectivity index (χ0) is 18.4. The Hall–Kier alpha value is -2.23. The molecule has 1 atom stereocenters. The number of rotatable bonds is 8. The zero-order valence-electron chi connectivity index (χ0n) is 13.4. The molecule has 2 aromatic rings. The summed E-state index contributed by atoms with van der Waals surface area (Å²) < 4.78 is 27.7. The molecule has 0 fully saturated rings. The van der Waals surface area contributed by atoms with E-state index in [0.717, 1.165) is 11.3 Å². The first-order valence-electron chi connectivity index (χ1n) is 7.40. The highest BCUT2D eigenvalue weighted by atomic mass is 32.2. The Morgan fingerprint density at radius 2 is 1.84 bits per heavy atom. The largest absolute Gasteiger partial charge is 0.481 e. The van der Waals surface area contributed by atoms with Crippen molar-refractivity contribution >= 4 is 33.2 Å². The van der Waals surface area contributed by atoms with Crippen LogP contribution < -0.4 is 10.0 Å². The maximum Gasteiger partial charge on any atom is 0.305 e. The van der Waals surface area contributed by atoms with E-state index in [1.54, 1.807) is 36.4 Å². The second-order valence-corrected chi connectivity index (χ2v) is 8.42. The van der Waals surface area contributed by atoms with Crippen molar-refractivity contribution in [1.82, 2.24) is 10.0 Å². The van der Waals surface area contributed by atoms with Crippen LogP contribution in [0.2, 0.25) is 0 Å². The number of carbonyl (C=O) groups is 2. The average molecular weight is 382 g/mol. The van der Waals surface area contributed by atoms with Crippen LogP contribution in [0.3, 0.4) is 0 Å². The van der Waals surface area contributed by atoms with Crippen LogP contribution in [0.25, 0.3) is 0 Å². The van der Waals surface area contributed by atoms with Gasteiger partial charge in [-0.05, 0) is 17.7 Å². The van der Waals surface area contributed by atoms with Gasteiger partial charge in [0.15, 0.2) is 0 Å². The number of amides is 1. The molecule has 3 N–H and O–H groups in total. The molecule has 0 radical (unpaired) electrons. The molecule has 0 unspecified atom stereocenters. The van der Waals surface area contributed by atoms with E-state index in [4.69, 9.17) is 5.11 Å². The molecule has 1 aromatic carbocycles. The summed E-state index contributed by atoms with van der Waals surface area (Å²) in [5.41, 5.74) is 0.573. The van der Waals surface area contributed by atoms with Gasteiger partial charge in [0.2, 0.25) is 5.91 Å². The van der Waals surface area contributed by atoms with Crippen molar-refractivity contribution in [3.63, 3.8) is 0 Å². The SMILES string of the molecule is CC(=O)NCc1ccc(S(=O)(=O)N[C@H](CC(=O)O)c2ccccc2)s1. The Morgan fingerprint density at radius 1 is 1.16 bits per heavy atom. The second kappa shape index (κ2) is 8.24. The summed E-state index contributed by atoms with van der Waals surface area (Å²) in [6, 6.07) is 10.7. The second-order valence-electron chi connectivity index (χ2n) is 5.31. The number of hydrogen-bond donors (Lipinski definition) is 3. The zero-order valence-corrected chi connectivity index (χ0v) is 15.1. The maximum absolute atomic E-state index is 12.6. The smallest absolute Gasteiger partial charge is 0.305 e. The fourth-order valence-electron chi connectivity index (χ4n) is 2.14. The van der Waals surface area contributed by atoms with Crippen molar-refractivity contribution in [1.29, 1.82) is 0 Å². The summed E-state index contributed by atoms with van der Waals surface area (Å²) in [5.74, 6) is -1.31. The quantitative estimate of drug-likeness (QED) is 0.645. The summed E-state index contributed by atoms with van der Waals surface area (Å²) in [5, 5.41) is 11.7. The van der Waals surface area contributed by atoms with Crippen LogP contribution in [0.4, 0.5) is 0 Å². The predicted molar refractivity (Wildman–Crippen MR) is 93.6 cm³/mol. The third-order valence-corrected chi connectivity index (χ3v) is 6.34. The number of carboxylic acids is 1. The monoisotopic (exact) mass is 382 g/mol. The molecule has 2 rings (SSSR count). The average Bonchev–Trinajstić information content (AvgIpc) is 3.02. The molecule has 134 valence electrons. The molecule has 0 bridgehead atoms. The Labute approximate surface area is 149 Å². The van der Waals surface area contributed by atoms with Gasteiger partial charge in [-0.1, -0.05) is 30.3 Å². The van der Waals surface area contributed by atoms with Gasteiger partial charge >= 0.3 is 5.97 Å². The summed E-state index contributed by atoms with van der Waals surface area (Å²) in [6.07, 6.45) is -0.368. The first-order valence-corrected chi connectivity index (χ1v) is 9.70. The molecule has 1 aromatic heterocycles. The topological polar surface area (TPSA) is 113 Å². The highest BCUT2D eigenvalue weighted by Crippen LogP contribution is 2.25.